The van der Waals surface area contributed by atoms with Gasteiger partial charge in [-0.05, 0) is 26.1 Å². The van der Waals surface area contributed by atoms with Crippen LogP contribution < -0.4 is 14.8 Å². The summed E-state index contributed by atoms with van der Waals surface area (Å²) in [6, 6.07) is 6.67. The third kappa shape index (κ3) is 4.35. The SMILES string of the molecule is CC(C)C(CNCc1cccc2c1OCCCO2)N(C)C. The molecule has 1 heterocycles. The normalized spacial score (nSPS) is 16.1. The van der Waals surface area contributed by atoms with E-state index >= 15 is 0 Å². The molecule has 4 nitrogen and oxygen atoms in total. The smallest absolute Gasteiger partial charge is 0.165 e. The Morgan fingerprint density at radius 2 is 1.95 bits per heavy atom. The first-order valence-electron chi connectivity index (χ1n) is 7.84. The first kappa shape index (κ1) is 16.1. The summed E-state index contributed by atoms with van der Waals surface area (Å²) in [5.74, 6) is 2.41. The molecule has 1 aliphatic heterocycles. The molecule has 0 aromatic heterocycles. The summed E-state index contributed by atoms with van der Waals surface area (Å²) in [6.07, 6.45) is 0.942. The summed E-state index contributed by atoms with van der Waals surface area (Å²) >= 11 is 0. The highest BCUT2D eigenvalue weighted by Gasteiger charge is 2.17. The molecule has 0 bridgehead atoms. The van der Waals surface area contributed by atoms with E-state index in [-0.39, 0.29) is 0 Å². The van der Waals surface area contributed by atoms with Gasteiger partial charge in [-0.2, -0.15) is 0 Å². The first-order chi connectivity index (χ1) is 10.1. The average molecular weight is 292 g/mol. The Kier molecular flexibility index (Phi) is 5.88. The van der Waals surface area contributed by atoms with Crippen molar-refractivity contribution in [1.82, 2.24) is 10.2 Å². The van der Waals surface area contributed by atoms with Crippen LogP contribution >= 0.6 is 0 Å². The van der Waals surface area contributed by atoms with Crippen molar-refractivity contribution in [2.75, 3.05) is 33.9 Å². The van der Waals surface area contributed by atoms with Crippen LogP contribution in [0.15, 0.2) is 18.2 Å². The number of para-hydroxylation sites is 1. The second-order valence-electron chi connectivity index (χ2n) is 6.20. The summed E-state index contributed by atoms with van der Waals surface area (Å²) in [5, 5.41) is 3.56. The molecule has 0 saturated heterocycles. The number of likely N-dealkylation sites (N-methyl/N-ethyl adjacent to an activating group) is 1. The standard InChI is InChI=1S/C17H28N2O2/c1-13(2)15(19(3)4)12-18-11-14-7-5-8-16-17(14)21-10-6-9-20-16/h5,7-8,13,15,18H,6,9-12H2,1-4H3. The number of ether oxygens (including phenoxy) is 2. The minimum absolute atomic E-state index is 0.532. The van der Waals surface area contributed by atoms with E-state index in [0.717, 1.165) is 44.2 Å². The van der Waals surface area contributed by atoms with E-state index in [2.05, 4.69) is 44.2 Å². The van der Waals surface area contributed by atoms with Gasteiger partial charge >= 0.3 is 0 Å². The van der Waals surface area contributed by atoms with Gasteiger partial charge in [0.15, 0.2) is 11.5 Å². The van der Waals surface area contributed by atoms with Crippen molar-refractivity contribution in [2.45, 2.75) is 32.9 Å². The topological polar surface area (TPSA) is 33.7 Å². The molecule has 4 heteroatoms. The lowest BCUT2D eigenvalue weighted by atomic mass is 10.0. The zero-order valence-corrected chi connectivity index (χ0v) is 13.7. The number of hydrogen-bond acceptors (Lipinski definition) is 4. The zero-order valence-electron chi connectivity index (χ0n) is 13.7. The minimum Gasteiger partial charge on any atom is -0.490 e. The van der Waals surface area contributed by atoms with Gasteiger partial charge in [0, 0.05) is 31.1 Å². The molecule has 1 aliphatic rings. The van der Waals surface area contributed by atoms with Crippen molar-refractivity contribution >= 4 is 0 Å². The van der Waals surface area contributed by atoms with E-state index in [9.17, 15) is 0 Å². The third-order valence-electron chi connectivity index (χ3n) is 3.95. The van der Waals surface area contributed by atoms with Crippen molar-refractivity contribution in [3.05, 3.63) is 23.8 Å². The molecule has 0 fully saturated rings. The van der Waals surface area contributed by atoms with E-state index in [1.165, 1.54) is 5.56 Å². The Balaban J connectivity index is 1.97. The summed E-state index contributed by atoms with van der Waals surface area (Å²) in [7, 11) is 4.27. The van der Waals surface area contributed by atoms with E-state index < -0.39 is 0 Å². The van der Waals surface area contributed by atoms with Crippen LogP contribution in [0.5, 0.6) is 11.5 Å². The quantitative estimate of drug-likeness (QED) is 0.873. The Bertz CT molecular complexity index is 438. The Labute approximate surface area is 128 Å². The van der Waals surface area contributed by atoms with Crippen LogP contribution in [0.25, 0.3) is 0 Å². The number of hydrogen-bond donors (Lipinski definition) is 1. The van der Waals surface area contributed by atoms with E-state index in [0.29, 0.717) is 12.0 Å². The molecule has 2 rings (SSSR count). The third-order valence-corrected chi connectivity index (χ3v) is 3.95. The average Bonchev–Trinajstić information content (AvgIpc) is 2.68. The highest BCUT2D eigenvalue weighted by atomic mass is 16.5. The molecule has 1 aromatic rings. The summed E-state index contributed by atoms with van der Waals surface area (Å²) < 4.78 is 11.6. The largest absolute Gasteiger partial charge is 0.490 e. The lowest BCUT2D eigenvalue weighted by molar-refractivity contribution is 0.224. The van der Waals surface area contributed by atoms with Crippen molar-refractivity contribution in [1.29, 1.82) is 0 Å². The second kappa shape index (κ2) is 7.66. The molecule has 1 N–H and O–H groups in total. The first-order valence-corrected chi connectivity index (χ1v) is 7.84. The van der Waals surface area contributed by atoms with Crippen molar-refractivity contribution < 1.29 is 9.47 Å². The van der Waals surface area contributed by atoms with E-state index in [1.807, 2.05) is 12.1 Å². The lowest BCUT2D eigenvalue weighted by Gasteiger charge is -2.28. The number of fused-ring (bicyclic) bond motifs is 1. The Morgan fingerprint density at radius 1 is 1.19 bits per heavy atom. The van der Waals surface area contributed by atoms with Gasteiger partial charge in [0.25, 0.3) is 0 Å². The maximum atomic E-state index is 5.86. The number of nitrogens with zero attached hydrogens (tertiary/aromatic N) is 1. The van der Waals surface area contributed by atoms with Crippen LogP contribution in [0.3, 0.4) is 0 Å². The molecule has 0 aliphatic carbocycles. The van der Waals surface area contributed by atoms with E-state index in [1.54, 1.807) is 0 Å². The van der Waals surface area contributed by atoms with Crippen LogP contribution in [0.4, 0.5) is 0 Å². The number of rotatable bonds is 6. The molecule has 1 unspecified atom stereocenters. The molecule has 118 valence electrons. The van der Waals surface area contributed by atoms with Crippen LogP contribution in [0.1, 0.15) is 25.8 Å². The maximum absolute atomic E-state index is 5.86. The predicted octanol–water partition coefficient (Wildman–Crippen LogP) is 2.52. The van der Waals surface area contributed by atoms with Gasteiger partial charge in [0.2, 0.25) is 0 Å². The minimum atomic E-state index is 0.532. The Morgan fingerprint density at radius 3 is 2.67 bits per heavy atom. The van der Waals surface area contributed by atoms with Crippen LogP contribution in [-0.2, 0) is 6.54 Å². The molecule has 0 spiro atoms. The summed E-state index contributed by atoms with van der Waals surface area (Å²) in [5.41, 5.74) is 1.18. The highest BCUT2D eigenvalue weighted by Crippen LogP contribution is 2.33. The summed E-state index contributed by atoms with van der Waals surface area (Å²) in [4.78, 5) is 2.28. The van der Waals surface area contributed by atoms with Crippen molar-refractivity contribution in [2.24, 2.45) is 5.92 Å². The second-order valence-corrected chi connectivity index (χ2v) is 6.20. The van der Waals surface area contributed by atoms with Gasteiger partial charge < -0.3 is 19.7 Å². The van der Waals surface area contributed by atoms with Crippen LogP contribution in [0, 0.1) is 5.92 Å². The molecule has 0 saturated carbocycles. The molecular formula is C17H28N2O2. The van der Waals surface area contributed by atoms with Gasteiger partial charge in [-0.3, -0.25) is 0 Å². The van der Waals surface area contributed by atoms with E-state index in [4.69, 9.17) is 9.47 Å². The van der Waals surface area contributed by atoms with Crippen molar-refractivity contribution in [3.63, 3.8) is 0 Å². The predicted molar refractivity (Wildman–Crippen MR) is 86.1 cm³/mol. The summed E-state index contributed by atoms with van der Waals surface area (Å²) in [6.45, 7) is 7.77. The molecule has 0 radical (unpaired) electrons. The van der Waals surface area contributed by atoms with Gasteiger partial charge in [-0.15, -0.1) is 0 Å². The fraction of sp³-hybridized carbons (Fsp3) is 0.647. The van der Waals surface area contributed by atoms with Crippen LogP contribution in [0.2, 0.25) is 0 Å². The van der Waals surface area contributed by atoms with Gasteiger partial charge in [0.1, 0.15) is 0 Å². The van der Waals surface area contributed by atoms with Gasteiger partial charge in [-0.1, -0.05) is 26.0 Å². The van der Waals surface area contributed by atoms with Gasteiger partial charge in [0.05, 0.1) is 13.2 Å². The number of nitrogens with one attached hydrogen (secondary N) is 1. The molecular weight excluding hydrogens is 264 g/mol. The Hall–Kier alpha value is -1.26. The molecule has 1 aromatic carbocycles. The maximum Gasteiger partial charge on any atom is 0.165 e. The molecule has 0 amide bonds. The monoisotopic (exact) mass is 292 g/mol. The van der Waals surface area contributed by atoms with Gasteiger partial charge in [-0.25, -0.2) is 0 Å². The molecule has 1 atom stereocenters. The highest BCUT2D eigenvalue weighted by molar-refractivity contribution is 5.47. The fourth-order valence-electron chi connectivity index (χ4n) is 2.76. The zero-order chi connectivity index (χ0) is 15.2. The fourth-order valence-corrected chi connectivity index (χ4v) is 2.76. The number of benzene rings is 1. The van der Waals surface area contributed by atoms with Crippen LogP contribution in [-0.4, -0.2) is 44.8 Å². The lowest BCUT2D eigenvalue weighted by Crippen LogP contribution is -2.41. The van der Waals surface area contributed by atoms with Crippen molar-refractivity contribution in [3.8, 4) is 11.5 Å². The molecule has 21 heavy (non-hydrogen) atoms.